The Morgan fingerprint density at radius 1 is 1.00 bits per heavy atom. The van der Waals surface area contributed by atoms with Gasteiger partial charge in [-0.2, -0.15) is 0 Å². The van der Waals surface area contributed by atoms with E-state index in [-0.39, 0.29) is 5.54 Å². The first-order valence-electron chi connectivity index (χ1n) is 6.69. The van der Waals surface area contributed by atoms with E-state index in [9.17, 15) is 0 Å². The molecule has 0 aliphatic heterocycles. The zero-order valence-corrected chi connectivity index (χ0v) is 12.3. The summed E-state index contributed by atoms with van der Waals surface area (Å²) >= 11 is 0. The zero-order chi connectivity index (χ0) is 12.9. The van der Waals surface area contributed by atoms with Gasteiger partial charge in [0, 0.05) is 12.1 Å². The Labute approximate surface area is 102 Å². The zero-order valence-electron chi connectivity index (χ0n) is 12.3. The van der Waals surface area contributed by atoms with Crippen LogP contribution in [0, 0.1) is 23.7 Å². The van der Waals surface area contributed by atoms with Crippen LogP contribution >= 0.6 is 0 Å². The predicted octanol–water partition coefficient (Wildman–Crippen LogP) is 2.88. The summed E-state index contributed by atoms with van der Waals surface area (Å²) in [5.74, 6) is 2.74. The topological polar surface area (TPSA) is 38.0 Å². The van der Waals surface area contributed by atoms with Crippen molar-refractivity contribution in [2.75, 3.05) is 13.1 Å². The highest BCUT2D eigenvalue weighted by Gasteiger charge is 2.28. The van der Waals surface area contributed by atoms with Crippen LogP contribution in [0.4, 0.5) is 0 Å². The van der Waals surface area contributed by atoms with Crippen molar-refractivity contribution in [1.29, 1.82) is 0 Å². The minimum atomic E-state index is 0.0715. The predicted molar refractivity (Wildman–Crippen MR) is 73.5 cm³/mol. The van der Waals surface area contributed by atoms with Crippen molar-refractivity contribution >= 4 is 0 Å². The van der Waals surface area contributed by atoms with Crippen LogP contribution in [0.2, 0.25) is 0 Å². The number of nitrogens with two attached hydrogens (primary N) is 1. The van der Waals surface area contributed by atoms with Gasteiger partial charge in [-0.15, -0.1) is 0 Å². The fourth-order valence-corrected chi connectivity index (χ4v) is 2.10. The van der Waals surface area contributed by atoms with E-state index in [2.05, 4.69) is 53.8 Å². The smallest absolute Gasteiger partial charge is 0.0298 e. The Bertz CT molecular complexity index is 179. The second kappa shape index (κ2) is 6.61. The van der Waals surface area contributed by atoms with Gasteiger partial charge in [-0.3, -0.25) is 0 Å². The lowest BCUT2D eigenvalue weighted by molar-refractivity contribution is 0.206. The average molecular weight is 228 g/mol. The first-order chi connectivity index (χ1) is 7.24. The summed E-state index contributed by atoms with van der Waals surface area (Å²) in [4.78, 5) is 0. The van der Waals surface area contributed by atoms with Crippen molar-refractivity contribution in [3.63, 3.8) is 0 Å². The number of nitrogens with one attached hydrogen (secondary N) is 1. The van der Waals surface area contributed by atoms with Crippen molar-refractivity contribution in [2.45, 2.75) is 54.0 Å². The van der Waals surface area contributed by atoms with Gasteiger partial charge in [0.05, 0.1) is 0 Å². The third-order valence-electron chi connectivity index (χ3n) is 4.15. The Kier molecular flexibility index (Phi) is 6.57. The standard InChI is InChI=1S/C14H32N2/c1-10(2)13(11(3)4)8-16-14(7,9-15)12(5)6/h10-13,16H,8-9,15H2,1-7H3. The normalized spacial score (nSPS) is 16.5. The lowest BCUT2D eigenvalue weighted by Gasteiger charge is -2.37. The Hall–Kier alpha value is -0.0800. The van der Waals surface area contributed by atoms with Gasteiger partial charge in [0.2, 0.25) is 0 Å². The molecule has 0 aromatic heterocycles. The van der Waals surface area contributed by atoms with E-state index < -0.39 is 0 Å². The van der Waals surface area contributed by atoms with Crippen LogP contribution in [0.25, 0.3) is 0 Å². The third-order valence-corrected chi connectivity index (χ3v) is 4.15. The van der Waals surface area contributed by atoms with Crippen molar-refractivity contribution in [3.05, 3.63) is 0 Å². The molecule has 2 nitrogen and oxygen atoms in total. The second-order valence-electron chi connectivity index (χ2n) is 6.31. The van der Waals surface area contributed by atoms with E-state index in [1.807, 2.05) is 0 Å². The molecule has 0 bridgehead atoms. The number of rotatable bonds is 7. The minimum absolute atomic E-state index is 0.0715. The molecule has 0 saturated heterocycles. The molecule has 16 heavy (non-hydrogen) atoms. The Balaban J connectivity index is 4.39. The molecule has 0 radical (unpaired) electrons. The highest BCUT2D eigenvalue weighted by molar-refractivity contribution is 4.88. The van der Waals surface area contributed by atoms with E-state index in [1.165, 1.54) is 0 Å². The molecule has 0 heterocycles. The van der Waals surface area contributed by atoms with E-state index in [1.54, 1.807) is 0 Å². The fourth-order valence-electron chi connectivity index (χ4n) is 2.10. The molecule has 3 N–H and O–H groups in total. The lowest BCUT2D eigenvalue weighted by Crippen LogP contribution is -2.54. The Morgan fingerprint density at radius 2 is 1.44 bits per heavy atom. The molecule has 0 amide bonds. The van der Waals surface area contributed by atoms with Crippen molar-refractivity contribution in [3.8, 4) is 0 Å². The van der Waals surface area contributed by atoms with Gasteiger partial charge in [-0.05, 0) is 37.1 Å². The molecular formula is C14H32N2. The van der Waals surface area contributed by atoms with Crippen LogP contribution < -0.4 is 11.1 Å². The van der Waals surface area contributed by atoms with Crippen LogP contribution in [0.5, 0.6) is 0 Å². The molecule has 0 spiro atoms. The molecule has 1 atom stereocenters. The molecule has 0 rings (SSSR count). The van der Waals surface area contributed by atoms with E-state index in [0.29, 0.717) is 12.5 Å². The van der Waals surface area contributed by atoms with Crippen LogP contribution in [-0.4, -0.2) is 18.6 Å². The molecule has 0 fully saturated rings. The minimum Gasteiger partial charge on any atom is -0.329 e. The summed E-state index contributed by atoms with van der Waals surface area (Å²) in [6.07, 6.45) is 0. The summed E-state index contributed by atoms with van der Waals surface area (Å²) in [6.45, 7) is 17.7. The molecule has 0 saturated carbocycles. The number of hydrogen-bond donors (Lipinski definition) is 2. The molecule has 2 heteroatoms. The quantitative estimate of drug-likeness (QED) is 0.703. The molecular weight excluding hydrogens is 196 g/mol. The second-order valence-corrected chi connectivity index (χ2v) is 6.31. The highest BCUT2D eigenvalue weighted by Crippen LogP contribution is 2.22. The maximum atomic E-state index is 5.88. The van der Waals surface area contributed by atoms with Crippen molar-refractivity contribution < 1.29 is 0 Å². The SMILES string of the molecule is CC(C)C(CNC(C)(CN)C(C)C)C(C)C. The maximum absolute atomic E-state index is 5.88. The van der Waals surface area contributed by atoms with Crippen LogP contribution in [0.1, 0.15) is 48.5 Å². The first-order valence-corrected chi connectivity index (χ1v) is 6.69. The Morgan fingerprint density at radius 3 is 1.69 bits per heavy atom. The van der Waals surface area contributed by atoms with Gasteiger partial charge < -0.3 is 11.1 Å². The van der Waals surface area contributed by atoms with Crippen LogP contribution in [0.3, 0.4) is 0 Å². The molecule has 0 aliphatic carbocycles. The average Bonchev–Trinajstić information content (AvgIpc) is 2.16. The van der Waals surface area contributed by atoms with Gasteiger partial charge in [0.1, 0.15) is 0 Å². The van der Waals surface area contributed by atoms with Crippen molar-refractivity contribution in [2.24, 2.45) is 29.4 Å². The molecule has 98 valence electrons. The molecule has 1 unspecified atom stereocenters. The first kappa shape index (κ1) is 15.9. The molecule has 0 aromatic carbocycles. The third kappa shape index (κ3) is 4.42. The summed E-state index contributed by atoms with van der Waals surface area (Å²) in [5, 5.41) is 3.68. The fraction of sp³-hybridized carbons (Fsp3) is 1.00. The molecule has 0 aromatic rings. The monoisotopic (exact) mass is 228 g/mol. The van der Waals surface area contributed by atoms with Gasteiger partial charge in [-0.1, -0.05) is 41.5 Å². The van der Waals surface area contributed by atoms with Crippen molar-refractivity contribution in [1.82, 2.24) is 5.32 Å². The largest absolute Gasteiger partial charge is 0.329 e. The van der Waals surface area contributed by atoms with E-state index in [0.717, 1.165) is 24.3 Å². The van der Waals surface area contributed by atoms with Crippen LogP contribution in [0.15, 0.2) is 0 Å². The van der Waals surface area contributed by atoms with E-state index >= 15 is 0 Å². The lowest BCUT2D eigenvalue weighted by atomic mass is 9.83. The summed E-state index contributed by atoms with van der Waals surface area (Å²) in [7, 11) is 0. The van der Waals surface area contributed by atoms with Gasteiger partial charge in [0.25, 0.3) is 0 Å². The number of hydrogen-bond acceptors (Lipinski definition) is 2. The van der Waals surface area contributed by atoms with Crippen LogP contribution in [-0.2, 0) is 0 Å². The van der Waals surface area contributed by atoms with Gasteiger partial charge in [-0.25, -0.2) is 0 Å². The summed E-state index contributed by atoms with van der Waals surface area (Å²) in [5.41, 5.74) is 5.96. The van der Waals surface area contributed by atoms with Gasteiger partial charge >= 0.3 is 0 Å². The molecule has 0 aliphatic rings. The summed E-state index contributed by atoms with van der Waals surface area (Å²) < 4.78 is 0. The van der Waals surface area contributed by atoms with Gasteiger partial charge in [0.15, 0.2) is 0 Å². The maximum Gasteiger partial charge on any atom is 0.0298 e. The highest BCUT2D eigenvalue weighted by atomic mass is 15.0. The summed E-state index contributed by atoms with van der Waals surface area (Å²) in [6, 6.07) is 0. The van der Waals surface area contributed by atoms with E-state index in [4.69, 9.17) is 5.73 Å².